The highest BCUT2D eigenvalue weighted by molar-refractivity contribution is 8.46. The van der Waals surface area contributed by atoms with E-state index in [1.54, 1.807) is 23.5 Å². The third-order valence-corrected chi connectivity index (χ3v) is 4.57. The molecule has 0 fully saturated rings. The minimum Gasteiger partial charge on any atom is -0.104 e. The molecule has 0 aliphatic heterocycles. The number of benzene rings is 1. The van der Waals surface area contributed by atoms with Crippen molar-refractivity contribution in [3.8, 4) is 0 Å². The predicted molar refractivity (Wildman–Crippen MR) is 78.0 cm³/mol. The van der Waals surface area contributed by atoms with Gasteiger partial charge in [-0.15, -0.1) is 30.1 Å². The lowest BCUT2D eigenvalue weighted by Crippen LogP contribution is -1.85. The van der Waals surface area contributed by atoms with Gasteiger partial charge in [0.15, 0.2) is 0 Å². The van der Waals surface area contributed by atoms with E-state index < -0.39 is 0 Å². The zero-order valence-electron chi connectivity index (χ0n) is 8.11. The lowest BCUT2D eigenvalue weighted by molar-refractivity contribution is 1.43. The van der Waals surface area contributed by atoms with E-state index in [9.17, 15) is 0 Å². The highest BCUT2D eigenvalue weighted by Gasteiger charge is 1.99. The lowest BCUT2D eigenvalue weighted by Gasteiger charge is -2.02. The molecule has 0 aliphatic rings. The van der Waals surface area contributed by atoms with Gasteiger partial charge in [-0.3, -0.25) is 0 Å². The van der Waals surface area contributed by atoms with Crippen LogP contribution in [0, 0.1) is 0 Å². The molecule has 1 aromatic rings. The van der Waals surface area contributed by atoms with E-state index in [2.05, 4.69) is 12.6 Å². The Morgan fingerprint density at radius 2 is 2.27 bits per heavy atom. The molecule has 0 saturated heterocycles. The van der Waals surface area contributed by atoms with Gasteiger partial charge in [-0.1, -0.05) is 42.0 Å². The fraction of sp³-hybridized carbons (Fsp3) is 0.182. The molecule has 0 radical (unpaired) electrons. The Kier molecular flexibility index (Phi) is 6.41. The van der Waals surface area contributed by atoms with Gasteiger partial charge in [0.25, 0.3) is 0 Å². The monoisotopic (exact) mass is 274 g/mol. The SMILES string of the molecule is C=CCSC(=S)SCc1cccc(Cl)c1. The first-order valence-electron chi connectivity index (χ1n) is 4.37. The molecule has 0 spiro atoms. The van der Waals surface area contributed by atoms with Crippen molar-refractivity contribution < 1.29 is 0 Å². The summed E-state index contributed by atoms with van der Waals surface area (Å²) >= 11 is 14.4. The van der Waals surface area contributed by atoms with Gasteiger partial charge in [-0.25, -0.2) is 0 Å². The molecule has 0 heterocycles. The molecular formula is C11H11ClS3. The van der Waals surface area contributed by atoms with Crippen molar-refractivity contribution >= 4 is 50.9 Å². The highest BCUT2D eigenvalue weighted by atomic mass is 35.5. The second-order valence-electron chi connectivity index (χ2n) is 2.77. The summed E-state index contributed by atoms with van der Waals surface area (Å²) in [6.07, 6.45) is 1.86. The molecule has 0 amide bonds. The number of thioether (sulfide) groups is 2. The van der Waals surface area contributed by atoms with Gasteiger partial charge in [0.2, 0.25) is 0 Å². The van der Waals surface area contributed by atoms with Gasteiger partial charge in [0.05, 0.1) is 0 Å². The maximum absolute atomic E-state index is 5.88. The first-order valence-corrected chi connectivity index (χ1v) is 7.13. The average molecular weight is 275 g/mol. The fourth-order valence-electron chi connectivity index (χ4n) is 0.938. The largest absolute Gasteiger partial charge is 0.104 e. The molecule has 0 N–H and O–H groups in total. The minimum absolute atomic E-state index is 0.776. The van der Waals surface area contributed by atoms with E-state index in [0.717, 1.165) is 20.1 Å². The van der Waals surface area contributed by atoms with Gasteiger partial charge >= 0.3 is 0 Å². The highest BCUT2D eigenvalue weighted by Crippen LogP contribution is 2.22. The Bertz CT molecular complexity index is 349. The molecule has 15 heavy (non-hydrogen) atoms. The smallest absolute Gasteiger partial charge is 0.104 e. The van der Waals surface area contributed by atoms with Crippen LogP contribution in [0.1, 0.15) is 5.56 Å². The second kappa shape index (κ2) is 7.34. The topological polar surface area (TPSA) is 0 Å². The number of hydrogen-bond acceptors (Lipinski definition) is 3. The van der Waals surface area contributed by atoms with Crippen molar-refractivity contribution in [2.24, 2.45) is 0 Å². The molecule has 0 aliphatic carbocycles. The first kappa shape index (κ1) is 13.1. The molecule has 0 saturated carbocycles. The van der Waals surface area contributed by atoms with Gasteiger partial charge < -0.3 is 0 Å². The molecule has 0 atom stereocenters. The predicted octanol–water partition coefficient (Wildman–Crippen LogP) is 4.78. The molecule has 1 rings (SSSR count). The lowest BCUT2D eigenvalue weighted by atomic mass is 10.2. The summed E-state index contributed by atoms with van der Waals surface area (Å²) in [6, 6.07) is 7.85. The summed E-state index contributed by atoms with van der Waals surface area (Å²) in [7, 11) is 0. The van der Waals surface area contributed by atoms with Crippen LogP contribution in [0.3, 0.4) is 0 Å². The van der Waals surface area contributed by atoms with Crippen LogP contribution >= 0.6 is 47.3 Å². The maximum Gasteiger partial charge on any atom is 0.104 e. The van der Waals surface area contributed by atoms with E-state index in [1.807, 2.05) is 24.3 Å². The van der Waals surface area contributed by atoms with Gasteiger partial charge in [-0.05, 0) is 17.7 Å². The third-order valence-electron chi connectivity index (χ3n) is 1.56. The number of halogens is 1. The third kappa shape index (κ3) is 5.61. The van der Waals surface area contributed by atoms with Gasteiger partial charge in [-0.2, -0.15) is 0 Å². The number of thiocarbonyl (C=S) groups is 1. The molecule has 0 unspecified atom stereocenters. The van der Waals surface area contributed by atoms with Crippen LogP contribution in [-0.4, -0.2) is 9.28 Å². The molecule has 4 heteroatoms. The van der Waals surface area contributed by atoms with Crippen molar-refractivity contribution in [1.82, 2.24) is 0 Å². The Morgan fingerprint density at radius 1 is 1.47 bits per heavy atom. The molecule has 1 aromatic carbocycles. The van der Waals surface area contributed by atoms with Crippen LogP contribution in [0.4, 0.5) is 0 Å². The maximum atomic E-state index is 5.88. The quantitative estimate of drug-likeness (QED) is 0.573. The summed E-state index contributed by atoms with van der Waals surface area (Å²) in [4.78, 5) is 0. The van der Waals surface area contributed by atoms with Crippen LogP contribution in [-0.2, 0) is 5.75 Å². The van der Waals surface area contributed by atoms with E-state index in [1.165, 1.54) is 5.56 Å². The van der Waals surface area contributed by atoms with Crippen molar-refractivity contribution in [2.75, 3.05) is 5.75 Å². The Hall–Kier alpha value is 0.0400. The van der Waals surface area contributed by atoms with Crippen LogP contribution in [0.5, 0.6) is 0 Å². The van der Waals surface area contributed by atoms with E-state index in [4.69, 9.17) is 23.8 Å². The van der Waals surface area contributed by atoms with Crippen LogP contribution in [0.15, 0.2) is 36.9 Å². The number of hydrogen-bond donors (Lipinski definition) is 0. The van der Waals surface area contributed by atoms with Crippen molar-refractivity contribution in [3.63, 3.8) is 0 Å². The zero-order valence-corrected chi connectivity index (χ0v) is 11.3. The fourth-order valence-corrected chi connectivity index (χ4v) is 2.96. The molecule has 0 nitrogen and oxygen atoms in total. The molecule has 0 bridgehead atoms. The van der Waals surface area contributed by atoms with Crippen molar-refractivity contribution in [2.45, 2.75) is 5.75 Å². The van der Waals surface area contributed by atoms with Gasteiger partial charge in [0.1, 0.15) is 3.53 Å². The van der Waals surface area contributed by atoms with Crippen molar-refractivity contribution in [1.29, 1.82) is 0 Å². The van der Waals surface area contributed by atoms with Crippen LogP contribution in [0.25, 0.3) is 0 Å². The average Bonchev–Trinajstić information content (AvgIpc) is 2.23. The summed E-state index contributed by atoms with van der Waals surface area (Å²) in [6.45, 7) is 3.66. The normalized spacial score (nSPS) is 9.93. The van der Waals surface area contributed by atoms with Crippen molar-refractivity contribution in [3.05, 3.63) is 47.5 Å². The molecule has 80 valence electrons. The minimum atomic E-state index is 0.776. The second-order valence-corrected chi connectivity index (χ2v) is 6.40. The van der Waals surface area contributed by atoms with Crippen LogP contribution in [0.2, 0.25) is 5.02 Å². The van der Waals surface area contributed by atoms with E-state index >= 15 is 0 Å². The standard InChI is InChI=1S/C11H11ClS3/c1-2-6-14-11(13)15-8-9-4-3-5-10(12)7-9/h2-5,7H,1,6,8H2. The van der Waals surface area contributed by atoms with E-state index in [-0.39, 0.29) is 0 Å². The van der Waals surface area contributed by atoms with Crippen LogP contribution < -0.4 is 0 Å². The Balaban J connectivity index is 2.36. The first-order chi connectivity index (χ1) is 7.22. The summed E-state index contributed by atoms with van der Waals surface area (Å²) in [5.41, 5.74) is 1.20. The Morgan fingerprint density at radius 3 is 2.93 bits per heavy atom. The summed E-state index contributed by atoms with van der Waals surface area (Å²) in [5.74, 6) is 1.75. The summed E-state index contributed by atoms with van der Waals surface area (Å²) < 4.78 is 0.954. The number of rotatable bonds is 4. The van der Waals surface area contributed by atoms with Gasteiger partial charge in [0, 0.05) is 16.5 Å². The molecule has 0 aromatic heterocycles. The Labute approximate surface area is 109 Å². The summed E-state index contributed by atoms with van der Waals surface area (Å²) in [5, 5.41) is 0.776. The molecular weight excluding hydrogens is 264 g/mol. The van der Waals surface area contributed by atoms with E-state index in [0.29, 0.717) is 0 Å². The zero-order chi connectivity index (χ0) is 11.1.